The van der Waals surface area contributed by atoms with Gasteiger partial charge in [-0.05, 0) is 25.2 Å². The maximum absolute atomic E-state index is 10.7. The maximum atomic E-state index is 10.7. The first-order chi connectivity index (χ1) is 8.74. The smallest absolute Gasteiger partial charge is 0.358 e. The maximum Gasteiger partial charge on any atom is 0.358 e. The van der Waals surface area contributed by atoms with Crippen LogP contribution in [0.5, 0.6) is 0 Å². The minimum absolute atomic E-state index is 0.0479. The molecule has 6 nitrogen and oxygen atoms in total. The van der Waals surface area contributed by atoms with E-state index in [1.165, 1.54) is 18.9 Å². The van der Waals surface area contributed by atoms with Crippen LogP contribution in [0, 0.1) is 5.92 Å². The molecule has 18 heavy (non-hydrogen) atoms. The molecule has 2 heterocycles. The first-order valence-corrected chi connectivity index (χ1v) is 6.28. The molecule has 2 atom stereocenters. The number of carboxylic acid groups (broad SMARTS) is 1. The van der Waals surface area contributed by atoms with Crippen molar-refractivity contribution in [2.75, 3.05) is 6.61 Å². The topological polar surface area (TPSA) is 84.6 Å². The summed E-state index contributed by atoms with van der Waals surface area (Å²) in [6, 6.07) is 1.80. The van der Waals surface area contributed by atoms with Crippen LogP contribution in [0.3, 0.4) is 0 Å². The Bertz CT molecular complexity index is 441. The van der Waals surface area contributed by atoms with Gasteiger partial charge in [-0.1, -0.05) is 5.16 Å². The molecule has 1 saturated heterocycles. The third-order valence-electron chi connectivity index (χ3n) is 3.54. The lowest BCUT2D eigenvalue weighted by atomic mass is 10.1. The average molecular weight is 252 g/mol. The van der Waals surface area contributed by atoms with Crippen molar-refractivity contribution in [3.8, 4) is 0 Å². The Balaban J connectivity index is 1.55. The van der Waals surface area contributed by atoms with Crippen molar-refractivity contribution in [3.05, 3.63) is 17.5 Å². The van der Waals surface area contributed by atoms with Crippen molar-refractivity contribution < 1.29 is 19.2 Å². The van der Waals surface area contributed by atoms with Crippen molar-refractivity contribution in [1.29, 1.82) is 0 Å². The van der Waals surface area contributed by atoms with E-state index in [0.717, 1.165) is 13.0 Å². The minimum atomic E-state index is -1.06. The monoisotopic (exact) mass is 252 g/mol. The molecule has 1 aromatic heterocycles. The van der Waals surface area contributed by atoms with Gasteiger partial charge in [0.2, 0.25) is 0 Å². The highest BCUT2D eigenvalue weighted by Crippen LogP contribution is 2.38. The third kappa shape index (κ3) is 2.39. The summed E-state index contributed by atoms with van der Waals surface area (Å²) in [6.07, 6.45) is 3.83. The van der Waals surface area contributed by atoms with E-state index in [0.29, 0.717) is 30.4 Å². The van der Waals surface area contributed by atoms with Crippen molar-refractivity contribution in [3.63, 3.8) is 0 Å². The molecule has 98 valence electrons. The Morgan fingerprint density at radius 1 is 1.50 bits per heavy atom. The standard InChI is InChI=1S/C12H16N2O4/c15-12(16)10-5-8(18-14-10)6-13-9-3-4-17-11(9)7-1-2-7/h5,7,9,11,13H,1-4,6H2,(H,15,16). The van der Waals surface area contributed by atoms with Gasteiger partial charge in [0, 0.05) is 18.7 Å². The Morgan fingerprint density at radius 3 is 3.00 bits per heavy atom. The van der Waals surface area contributed by atoms with Crippen LogP contribution < -0.4 is 5.32 Å². The zero-order valence-electron chi connectivity index (χ0n) is 9.96. The lowest BCUT2D eigenvalue weighted by Crippen LogP contribution is -2.37. The van der Waals surface area contributed by atoms with Gasteiger partial charge in [0.1, 0.15) is 0 Å². The van der Waals surface area contributed by atoms with Gasteiger partial charge in [0.15, 0.2) is 11.5 Å². The number of hydrogen-bond acceptors (Lipinski definition) is 5. The van der Waals surface area contributed by atoms with Gasteiger partial charge >= 0.3 is 5.97 Å². The van der Waals surface area contributed by atoms with Crippen molar-refractivity contribution >= 4 is 5.97 Å². The van der Waals surface area contributed by atoms with Crippen LogP contribution >= 0.6 is 0 Å². The lowest BCUT2D eigenvalue weighted by Gasteiger charge is -2.18. The van der Waals surface area contributed by atoms with E-state index in [4.69, 9.17) is 14.4 Å². The molecule has 1 aliphatic heterocycles. The first kappa shape index (κ1) is 11.7. The summed E-state index contributed by atoms with van der Waals surface area (Å²) in [5.74, 6) is 0.188. The summed E-state index contributed by atoms with van der Waals surface area (Å²) in [5.41, 5.74) is -0.0479. The Kier molecular flexibility index (Phi) is 3.05. The van der Waals surface area contributed by atoms with Gasteiger partial charge in [-0.3, -0.25) is 0 Å². The van der Waals surface area contributed by atoms with E-state index < -0.39 is 5.97 Å². The second-order valence-corrected chi connectivity index (χ2v) is 4.93. The molecule has 2 unspecified atom stereocenters. The van der Waals surface area contributed by atoms with Crippen LogP contribution in [0.4, 0.5) is 0 Å². The van der Waals surface area contributed by atoms with Crippen LogP contribution in [-0.4, -0.2) is 35.0 Å². The van der Waals surface area contributed by atoms with Gasteiger partial charge in [0.25, 0.3) is 0 Å². The molecule has 2 fully saturated rings. The van der Waals surface area contributed by atoms with Crippen molar-refractivity contribution in [2.24, 2.45) is 5.92 Å². The first-order valence-electron chi connectivity index (χ1n) is 6.28. The third-order valence-corrected chi connectivity index (χ3v) is 3.54. The highest BCUT2D eigenvalue weighted by Gasteiger charge is 2.40. The van der Waals surface area contributed by atoms with Gasteiger partial charge in [0.05, 0.1) is 12.6 Å². The molecular weight excluding hydrogens is 236 g/mol. The molecular formula is C12H16N2O4. The predicted octanol–water partition coefficient (Wildman–Crippen LogP) is 1.03. The second-order valence-electron chi connectivity index (χ2n) is 4.93. The van der Waals surface area contributed by atoms with E-state index >= 15 is 0 Å². The Labute approximate surface area is 104 Å². The molecule has 2 aliphatic rings. The van der Waals surface area contributed by atoms with E-state index in [2.05, 4.69) is 10.5 Å². The summed E-state index contributed by atoms with van der Waals surface area (Å²) in [5, 5.41) is 15.6. The number of nitrogens with one attached hydrogen (secondary N) is 1. The largest absolute Gasteiger partial charge is 0.476 e. The highest BCUT2D eigenvalue weighted by molar-refractivity contribution is 5.85. The number of ether oxygens (including phenoxy) is 1. The molecule has 1 saturated carbocycles. The Hall–Kier alpha value is -1.40. The van der Waals surface area contributed by atoms with Gasteiger partial charge < -0.3 is 19.7 Å². The predicted molar refractivity (Wildman–Crippen MR) is 61.2 cm³/mol. The van der Waals surface area contributed by atoms with Crippen LogP contribution in [0.25, 0.3) is 0 Å². The van der Waals surface area contributed by atoms with Crippen LogP contribution in [-0.2, 0) is 11.3 Å². The number of rotatable bonds is 5. The average Bonchev–Trinajstić information content (AvgIpc) is 2.92. The van der Waals surface area contributed by atoms with E-state index in [1.54, 1.807) is 0 Å². The molecule has 2 N–H and O–H groups in total. The summed E-state index contributed by atoms with van der Waals surface area (Å²) in [6.45, 7) is 1.30. The summed E-state index contributed by atoms with van der Waals surface area (Å²) in [7, 11) is 0. The molecule has 0 aromatic carbocycles. The molecule has 1 aliphatic carbocycles. The molecule has 0 amide bonds. The zero-order chi connectivity index (χ0) is 12.5. The normalized spacial score (nSPS) is 27.6. The SMILES string of the molecule is O=C(O)c1cc(CNC2CCOC2C2CC2)on1. The fraction of sp³-hybridized carbons (Fsp3) is 0.667. The van der Waals surface area contributed by atoms with Gasteiger partial charge in [-0.25, -0.2) is 4.79 Å². The number of aromatic carboxylic acids is 1. The van der Waals surface area contributed by atoms with Crippen molar-refractivity contribution in [1.82, 2.24) is 10.5 Å². The summed E-state index contributed by atoms with van der Waals surface area (Å²) >= 11 is 0. The number of hydrogen-bond donors (Lipinski definition) is 2. The van der Waals surface area contributed by atoms with Crippen LogP contribution in [0.1, 0.15) is 35.5 Å². The van der Waals surface area contributed by atoms with Crippen molar-refractivity contribution in [2.45, 2.75) is 38.0 Å². The minimum Gasteiger partial charge on any atom is -0.476 e. The number of aromatic nitrogens is 1. The molecule has 1 aromatic rings. The molecule has 6 heteroatoms. The zero-order valence-corrected chi connectivity index (χ0v) is 9.96. The van der Waals surface area contributed by atoms with Gasteiger partial charge in [-0.2, -0.15) is 0 Å². The van der Waals surface area contributed by atoms with Crippen LogP contribution in [0.2, 0.25) is 0 Å². The van der Waals surface area contributed by atoms with Gasteiger partial charge in [-0.15, -0.1) is 0 Å². The second kappa shape index (κ2) is 4.70. The molecule has 0 bridgehead atoms. The van der Waals surface area contributed by atoms with E-state index in [9.17, 15) is 4.79 Å². The number of nitrogens with zero attached hydrogens (tertiary/aromatic N) is 1. The highest BCUT2D eigenvalue weighted by atomic mass is 16.5. The quantitative estimate of drug-likeness (QED) is 0.814. The molecule has 3 rings (SSSR count). The number of carbonyl (C=O) groups is 1. The van der Waals surface area contributed by atoms with E-state index in [-0.39, 0.29) is 5.69 Å². The Morgan fingerprint density at radius 2 is 2.33 bits per heavy atom. The van der Waals surface area contributed by atoms with Crippen LogP contribution in [0.15, 0.2) is 10.6 Å². The fourth-order valence-corrected chi connectivity index (χ4v) is 2.45. The summed E-state index contributed by atoms with van der Waals surface area (Å²) < 4.78 is 10.7. The molecule has 0 radical (unpaired) electrons. The summed E-state index contributed by atoms with van der Waals surface area (Å²) in [4.78, 5) is 10.7. The molecule has 0 spiro atoms. The number of carboxylic acids is 1. The lowest BCUT2D eigenvalue weighted by molar-refractivity contribution is 0.0685. The van der Waals surface area contributed by atoms with E-state index in [1.807, 2.05) is 0 Å². The fourth-order valence-electron chi connectivity index (χ4n) is 2.45.